The summed E-state index contributed by atoms with van der Waals surface area (Å²) in [4.78, 5) is 13.8. The largest absolute Gasteiger partial charge is 0.440 e. The number of amides is 1. The van der Waals surface area contributed by atoms with Gasteiger partial charge in [0.05, 0.1) is 0 Å². The molecule has 88 valence electrons. The number of hydrogen-bond donors (Lipinski definition) is 1. The zero-order valence-corrected chi connectivity index (χ0v) is 9.91. The van der Waals surface area contributed by atoms with Gasteiger partial charge < -0.3 is 15.1 Å². The average Bonchev–Trinajstić information content (AvgIpc) is 2.62. The predicted octanol–water partition coefficient (Wildman–Crippen LogP) is 1.74. The molecule has 1 saturated heterocycles. The van der Waals surface area contributed by atoms with Gasteiger partial charge in [0.15, 0.2) is 11.0 Å². The van der Waals surface area contributed by atoms with Crippen molar-refractivity contribution in [2.75, 3.05) is 13.1 Å². The van der Waals surface area contributed by atoms with Gasteiger partial charge in [-0.1, -0.05) is 6.92 Å². The molecule has 0 aliphatic carbocycles. The van der Waals surface area contributed by atoms with Crippen molar-refractivity contribution in [3.05, 3.63) is 23.1 Å². The van der Waals surface area contributed by atoms with Crippen LogP contribution in [-0.4, -0.2) is 29.9 Å². The smallest absolute Gasteiger partial charge is 0.289 e. The van der Waals surface area contributed by atoms with Gasteiger partial charge >= 0.3 is 0 Å². The summed E-state index contributed by atoms with van der Waals surface area (Å²) in [5.41, 5.74) is 5.89. The molecule has 1 aliphatic rings. The Morgan fingerprint density at radius 3 is 2.88 bits per heavy atom. The third-order valence-corrected chi connectivity index (χ3v) is 2.97. The number of rotatable bonds is 1. The lowest BCUT2D eigenvalue weighted by Crippen LogP contribution is -2.48. The fourth-order valence-electron chi connectivity index (χ4n) is 2.15. The Labute approximate surface area is 99.3 Å². The number of halogens is 1. The molecule has 2 unspecified atom stereocenters. The molecule has 1 amide bonds. The van der Waals surface area contributed by atoms with Gasteiger partial charge in [-0.05, 0) is 36.1 Å². The van der Waals surface area contributed by atoms with Crippen LogP contribution in [0.15, 0.2) is 16.5 Å². The highest BCUT2D eigenvalue weighted by Gasteiger charge is 2.27. The van der Waals surface area contributed by atoms with Crippen LogP contribution < -0.4 is 5.73 Å². The summed E-state index contributed by atoms with van der Waals surface area (Å²) in [5, 5.41) is 0.234. The van der Waals surface area contributed by atoms with Crippen molar-refractivity contribution < 1.29 is 9.21 Å². The fourth-order valence-corrected chi connectivity index (χ4v) is 2.30. The zero-order valence-electron chi connectivity index (χ0n) is 9.15. The molecule has 1 aromatic heterocycles. The molecule has 0 bridgehead atoms. The van der Waals surface area contributed by atoms with Crippen LogP contribution in [0.25, 0.3) is 0 Å². The maximum atomic E-state index is 12.0. The van der Waals surface area contributed by atoms with Crippen molar-refractivity contribution in [1.82, 2.24) is 4.90 Å². The van der Waals surface area contributed by atoms with Crippen LogP contribution in [-0.2, 0) is 0 Å². The highest BCUT2D eigenvalue weighted by Crippen LogP contribution is 2.20. The molecule has 0 saturated carbocycles. The number of nitrogens with zero attached hydrogens (tertiary/aromatic N) is 1. The molecular formula is C11H15ClN2O2. The summed E-state index contributed by atoms with van der Waals surface area (Å²) in [6.45, 7) is 3.40. The first-order chi connectivity index (χ1) is 7.56. The van der Waals surface area contributed by atoms with E-state index in [-0.39, 0.29) is 22.9 Å². The van der Waals surface area contributed by atoms with Gasteiger partial charge in [-0.3, -0.25) is 4.79 Å². The van der Waals surface area contributed by atoms with Crippen molar-refractivity contribution in [2.24, 2.45) is 11.7 Å². The molecule has 0 radical (unpaired) electrons. The number of piperidine rings is 1. The van der Waals surface area contributed by atoms with E-state index in [4.69, 9.17) is 21.8 Å². The SMILES string of the molecule is CC1CC(N)CN(C(=O)c2ccc(Cl)o2)C1. The minimum Gasteiger partial charge on any atom is -0.440 e. The lowest BCUT2D eigenvalue weighted by atomic mass is 9.96. The van der Waals surface area contributed by atoms with Gasteiger partial charge in [0.2, 0.25) is 0 Å². The third-order valence-electron chi connectivity index (χ3n) is 2.76. The van der Waals surface area contributed by atoms with E-state index in [0.717, 1.165) is 13.0 Å². The lowest BCUT2D eigenvalue weighted by molar-refractivity contribution is 0.0629. The summed E-state index contributed by atoms with van der Waals surface area (Å²) in [7, 11) is 0. The summed E-state index contributed by atoms with van der Waals surface area (Å²) >= 11 is 5.64. The molecule has 1 aliphatic heterocycles. The van der Waals surface area contributed by atoms with E-state index in [2.05, 4.69) is 6.92 Å². The van der Waals surface area contributed by atoms with Crippen molar-refractivity contribution >= 4 is 17.5 Å². The number of carbonyl (C=O) groups is 1. The molecule has 2 rings (SSSR count). The van der Waals surface area contributed by atoms with E-state index in [1.807, 2.05) is 0 Å². The van der Waals surface area contributed by atoms with Crippen molar-refractivity contribution in [3.8, 4) is 0 Å². The highest BCUT2D eigenvalue weighted by molar-refractivity contribution is 6.29. The first kappa shape index (κ1) is 11.5. The van der Waals surface area contributed by atoms with Gasteiger partial charge in [-0.25, -0.2) is 0 Å². The minimum absolute atomic E-state index is 0.0538. The number of nitrogens with two attached hydrogens (primary N) is 1. The maximum absolute atomic E-state index is 12.0. The molecular weight excluding hydrogens is 228 g/mol. The minimum atomic E-state index is -0.131. The van der Waals surface area contributed by atoms with Gasteiger partial charge in [0.25, 0.3) is 5.91 Å². The lowest BCUT2D eigenvalue weighted by Gasteiger charge is -2.34. The average molecular weight is 243 g/mol. The Hall–Kier alpha value is -1.00. The second-order valence-corrected chi connectivity index (χ2v) is 4.79. The molecule has 4 nitrogen and oxygen atoms in total. The van der Waals surface area contributed by atoms with Crippen LogP contribution >= 0.6 is 11.6 Å². The van der Waals surface area contributed by atoms with Crippen LogP contribution in [0.2, 0.25) is 5.22 Å². The van der Waals surface area contributed by atoms with Gasteiger partial charge in [-0.15, -0.1) is 0 Å². The van der Waals surface area contributed by atoms with Crippen LogP contribution in [0.5, 0.6) is 0 Å². The topological polar surface area (TPSA) is 59.5 Å². The number of carbonyl (C=O) groups excluding carboxylic acids is 1. The van der Waals surface area contributed by atoms with E-state index in [1.54, 1.807) is 17.0 Å². The van der Waals surface area contributed by atoms with Gasteiger partial charge in [-0.2, -0.15) is 0 Å². The second-order valence-electron chi connectivity index (χ2n) is 4.41. The molecule has 16 heavy (non-hydrogen) atoms. The Balaban J connectivity index is 2.09. The van der Waals surface area contributed by atoms with Crippen molar-refractivity contribution in [3.63, 3.8) is 0 Å². The quantitative estimate of drug-likeness (QED) is 0.816. The van der Waals surface area contributed by atoms with Crippen LogP contribution in [0, 0.1) is 5.92 Å². The Bertz CT molecular complexity index is 381. The molecule has 5 heteroatoms. The molecule has 0 aromatic carbocycles. The summed E-state index contributed by atoms with van der Waals surface area (Å²) in [6, 6.07) is 3.22. The fraction of sp³-hybridized carbons (Fsp3) is 0.545. The standard InChI is InChI=1S/C11H15ClN2O2/c1-7-4-8(13)6-14(5-7)11(15)9-2-3-10(12)16-9/h2-3,7-8H,4-6,13H2,1H3. The van der Waals surface area contributed by atoms with Crippen molar-refractivity contribution in [2.45, 2.75) is 19.4 Å². The number of likely N-dealkylation sites (tertiary alicyclic amines) is 1. The van der Waals surface area contributed by atoms with E-state index < -0.39 is 0 Å². The zero-order chi connectivity index (χ0) is 11.7. The van der Waals surface area contributed by atoms with Crippen molar-refractivity contribution in [1.29, 1.82) is 0 Å². The second kappa shape index (κ2) is 4.47. The molecule has 0 spiro atoms. The molecule has 1 fully saturated rings. The van der Waals surface area contributed by atoms with Gasteiger partial charge in [0.1, 0.15) is 0 Å². The predicted molar refractivity (Wildman–Crippen MR) is 61.4 cm³/mol. The molecule has 1 aromatic rings. The molecule has 2 atom stereocenters. The summed E-state index contributed by atoms with van der Waals surface area (Å²) in [5.74, 6) is 0.582. The van der Waals surface area contributed by atoms with Crippen LogP contribution in [0.3, 0.4) is 0 Å². The highest BCUT2D eigenvalue weighted by atomic mass is 35.5. The van der Waals surface area contributed by atoms with E-state index in [9.17, 15) is 4.79 Å². The first-order valence-electron chi connectivity index (χ1n) is 5.36. The number of furan rings is 1. The summed E-state index contributed by atoms with van der Waals surface area (Å²) in [6.07, 6.45) is 0.961. The van der Waals surface area contributed by atoms with Crippen LogP contribution in [0.1, 0.15) is 23.9 Å². The maximum Gasteiger partial charge on any atom is 0.289 e. The normalized spacial score (nSPS) is 25.8. The Kier molecular flexibility index (Phi) is 3.21. The monoisotopic (exact) mass is 242 g/mol. The van der Waals surface area contributed by atoms with Gasteiger partial charge in [0, 0.05) is 19.1 Å². The first-order valence-corrected chi connectivity index (χ1v) is 5.74. The van der Waals surface area contributed by atoms with E-state index in [0.29, 0.717) is 12.5 Å². The van der Waals surface area contributed by atoms with E-state index in [1.165, 1.54) is 0 Å². The Morgan fingerprint density at radius 1 is 1.56 bits per heavy atom. The third kappa shape index (κ3) is 2.39. The summed E-state index contributed by atoms with van der Waals surface area (Å²) < 4.78 is 5.10. The van der Waals surface area contributed by atoms with Crippen LogP contribution in [0.4, 0.5) is 0 Å². The molecule has 2 heterocycles. The number of hydrogen-bond acceptors (Lipinski definition) is 3. The Morgan fingerprint density at radius 2 is 2.31 bits per heavy atom. The van der Waals surface area contributed by atoms with E-state index >= 15 is 0 Å². The molecule has 2 N–H and O–H groups in total.